The van der Waals surface area contributed by atoms with Crippen LogP contribution in [0.2, 0.25) is 0 Å². The molecule has 92 valence electrons. The Balaban J connectivity index is 2.14. The number of hydrogen-bond donors (Lipinski definition) is 2. The van der Waals surface area contributed by atoms with Crippen molar-refractivity contribution in [3.63, 3.8) is 0 Å². The van der Waals surface area contributed by atoms with Gasteiger partial charge in [-0.25, -0.2) is 4.98 Å². The summed E-state index contributed by atoms with van der Waals surface area (Å²) in [7, 11) is 0. The Labute approximate surface area is 101 Å². The van der Waals surface area contributed by atoms with E-state index in [1.165, 1.54) is 0 Å². The highest BCUT2D eigenvalue weighted by Gasteiger charge is 2.26. The minimum absolute atomic E-state index is 0.0900. The minimum atomic E-state index is 0.0900. The molecule has 0 saturated carbocycles. The van der Waals surface area contributed by atoms with Crippen LogP contribution in [0.1, 0.15) is 19.4 Å². The molecule has 0 radical (unpaired) electrons. The van der Waals surface area contributed by atoms with Gasteiger partial charge in [-0.15, -0.1) is 0 Å². The van der Waals surface area contributed by atoms with Gasteiger partial charge in [0.2, 0.25) is 0 Å². The number of rotatable bonds is 2. The lowest BCUT2D eigenvalue weighted by atomic mass is 10.0. The maximum Gasteiger partial charge on any atom is 0.171 e. The summed E-state index contributed by atoms with van der Waals surface area (Å²) < 4.78 is 0. The minimum Gasteiger partial charge on any atom is -0.409 e. The summed E-state index contributed by atoms with van der Waals surface area (Å²) in [6.07, 6.45) is 1.64. The van der Waals surface area contributed by atoms with E-state index < -0.39 is 0 Å². The molecule has 1 aromatic rings. The third kappa shape index (κ3) is 2.33. The zero-order chi connectivity index (χ0) is 12.4. The number of aromatic nitrogens is 1. The summed E-state index contributed by atoms with van der Waals surface area (Å²) in [5.74, 6) is 2.43. The molecular weight excluding hydrogens is 216 g/mol. The molecule has 0 bridgehead atoms. The summed E-state index contributed by atoms with van der Waals surface area (Å²) in [5, 5.41) is 11.5. The van der Waals surface area contributed by atoms with Crippen LogP contribution in [-0.4, -0.2) is 29.1 Å². The second-order valence-corrected chi connectivity index (χ2v) is 4.75. The summed E-state index contributed by atoms with van der Waals surface area (Å²) in [4.78, 5) is 6.62. The molecule has 2 heterocycles. The molecule has 5 nitrogen and oxygen atoms in total. The largest absolute Gasteiger partial charge is 0.409 e. The average Bonchev–Trinajstić information content (AvgIpc) is 2.69. The van der Waals surface area contributed by atoms with Gasteiger partial charge in [-0.1, -0.05) is 19.0 Å². The topological polar surface area (TPSA) is 74.7 Å². The Kier molecular flexibility index (Phi) is 3.17. The smallest absolute Gasteiger partial charge is 0.171 e. The Morgan fingerprint density at radius 1 is 1.41 bits per heavy atom. The Bertz CT molecular complexity index is 405. The number of nitrogens with two attached hydrogens (primary N) is 1. The lowest BCUT2D eigenvalue weighted by Crippen LogP contribution is -2.21. The molecule has 0 aromatic carbocycles. The number of pyridine rings is 1. The molecule has 2 unspecified atom stereocenters. The highest BCUT2D eigenvalue weighted by molar-refractivity contribution is 5.96. The lowest BCUT2D eigenvalue weighted by molar-refractivity contribution is 0.318. The first-order valence-electron chi connectivity index (χ1n) is 5.80. The lowest BCUT2D eigenvalue weighted by Gasteiger charge is -2.17. The molecule has 2 rings (SSSR count). The Morgan fingerprint density at radius 3 is 2.53 bits per heavy atom. The van der Waals surface area contributed by atoms with Gasteiger partial charge in [0.05, 0.1) is 0 Å². The molecule has 2 atom stereocenters. The van der Waals surface area contributed by atoms with Crippen molar-refractivity contribution in [2.75, 3.05) is 18.0 Å². The fraction of sp³-hybridized carbons (Fsp3) is 0.500. The van der Waals surface area contributed by atoms with Crippen molar-refractivity contribution in [2.24, 2.45) is 22.7 Å². The van der Waals surface area contributed by atoms with Crippen LogP contribution in [0, 0.1) is 11.8 Å². The van der Waals surface area contributed by atoms with Gasteiger partial charge >= 0.3 is 0 Å². The SMILES string of the molecule is CC1CN(c2ccc(C(N)=NO)cn2)CC1C. The Morgan fingerprint density at radius 2 is 2.06 bits per heavy atom. The normalized spacial score (nSPS) is 25.3. The number of oxime groups is 1. The molecule has 3 N–H and O–H groups in total. The third-order valence-electron chi connectivity index (χ3n) is 3.46. The van der Waals surface area contributed by atoms with E-state index in [2.05, 4.69) is 28.9 Å². The van der Waals surface area contributed by atoms with Crippen LogP contribution < -0.4 is 10.6 Å². The number of hydrogen-bond acceptors (Lipinski definition) is 4. The maximum absolute atomic E-state index is 8.56. The summed E-state index contributed by atoms with van der Waals surface area (Å²) in [6.45, 7) is 6.60. The standard InChI is InChI=1S/C12H18N4O/c1-8-6-16(7-9(8)2)11-4-3-10(5-14-11)12(13)15-17/h3-5,8-9,17H,6-7H2,1-2H3,(H2,13,15). The van der Waals surface area contributed by atoms with Gasteiger partial charge in [0.15, 0.2) is 5.84 Å². The fourth-order valence-corrected chi connectivity index (χ4v) is 2.10. The van der Waals surface area contributed by atoms with Crippen LogP contribution >= 0.6 is 0 Å². The van der Waals surface area contributed by atoms with Gasteiger partial charge in [-0.2, -0.15) is 0 Å². The van der Waals surface area contributed by atoms with E-state index >= 15 is 0 Å². The molecule has 1 fully saturated rings. The molecule has 0 spiro atoms. The molecule has 5 heteroatoms. The summed E-state index contributed by atoms with van der Waals surface area (Å²) >= 11 is 0. The van der Waals surface area contributed by atoms with Crippen molar-refractivity contribution >= 4 is 11.7 Å². The number of anilines is 1. The predicted octanol–water partition coefficient (Wildman–Crippen LogP) is 1.27. The van der Waals surface area contributed by atoms with Gasteiger partial charge in [-0.05, 0) is 24.0 Å². The first-order valence-corrected chi connectivity index (χ1v) is 5.80. The molecule has 0 amide bonds. The van der Waals surface area contributed by atoms with Crippen LogP contribution in [0.25, 0.3) is 0 Å². The molecule has 1 aliphatic heterocycles. The van der Waals surface area contributed by atoms with E-state index in [4.69, 9.17) is 10.9 Å². The zero-order valence-electron chi connectivity index (χ0n) is 10.2. The van der Waals surface area contributed by atoms with Crippen LogP contribution in [0.5, 0.6) is 0 Å². The van der Waals surface area contributed by atoms with E-state index in [1.54, 1.807) is 6.20 Å². The molecule has 1 aliphatic rings. The summed E-state index contributed by atoms with van der Waals surface area (Å²) in [6, 6.07) is 3.74. The van der Waals surface area contributed by atoms with E-state index in [0.717, 1.165) is 18.9 Å². The van der Waals surface area contributed by atoms with Gasteiger partial charge in [0, 0.05) is 24.8 Å². The van der Waals surface area contributed by atoms with Crippen molar-refractivity contribution in [3.05, 3.63) is 23.9 Å². The molecule has 1 saturated heterocycles. The van der Waals surface area contributed by atoms with Crippen molar-refractivity contribution in [2.45, 2.75) is 13.8 Å². The zero-order valence-corrected chi connectivity index (χ0v) is 10.2. The van der Waals surface area contributed by atoms with E-state index in [9.17, 15) is 0 Å². The van der Waals surface area contributed by atoms with Crippen LogP contribution in [0.4, 0.5) is 5.82 Å². The van der Waals surface area contributed by atoms with Gasteiger partial charge in [0.1, 0.15) is 5.82 Å². The second-order valence-electron chi connectivity index (χ2n) is 4.75. The first-order chi connectivity index (χ1) is 8.11. The highest BCUT2D eigenvalue weighted by atomic mass is 16.4. The van der Waals surface area contributed by atoms with Crippen molar-refractivity contribution in [3.8, 4) is 0 Å². The molecule has 1 aromatic heterocycles. The van der Waals surface area contributed by atoms with Crippen LogP contribution in [0.3, 0.4) is 0 Å². The maximum atomic E-state index is 8.56. The van der Waals surface area contributed by atoms with Crippen LogP contribution in [-0.2, 0) is 0 Å². The molecular formula is C12H18N4O. The quantitative estimate of drug-likeness (QED) is 0.350. The number of amidine groups is 1. The average molecular weight is 234 g/mol. The molecule has 0 aliphatic carbocycles. The first kappa shape index (κ1) is 11.7. The van der Waals surface area contributed by atoms with Gasteiger partial charge < -0.3 is 15.8 Å². The van der Waals surface area contributed by atoms with Gasteiger partial charge in [0.25, 0.3) is 0 Å². The van der Waals surface area contributed by atoms with E-state index in [-0.39, 0.29) is 5.84 Å². The monoisotopic (exact) mass is 234 g/mol. The van der Waals surface area contributed by atoms with Crippen molar-refractivity contribution < 1.29 is 5.21 Å². The predicted molar refractivity (Wildman–Crippen MR) is 67.3 cm³/mol. The van der Waals surface area contributed by atoms with Gasteiger partial charge in [-0.3, -0.25) is 0 Å². The Hall–Kier alpha value is -1.78. The van der Waals surface area contributed by atoms with Crippen LogP contribution in [0.15, 0.2) is 23.5 Å². The summed E-state index contributed by atoms with van der Waals surface area (Å²) in [5.41, 5.74) is 6.12. The fourth-order valence-electron chi connectivity index (χ4n) is 2.10. The number of nitrogens with zero attached hydrogens (tertiary/aromatic N) is 3. The molecule has 17 heavy (non-hydrogen) atoms. The van der Waals surface area contributed by atoms with Crippen molar-refractivity contribution in [1.82, 2.24) is 4.98 Å². The van der Waals surface area contributed by atoms with E-state index in [0.29, 0.717) is 17.4 Å². The third-order valence-corrected chi connectivity index (χ3v) is 3.46. The highest BCUT2D eigenvalue weighted by Crippen LogP contribution is 2.26. The second kappa shape index (κ2) is 4.61. The van der Waals surface area contributed by atoms with E-state index in [1.807, 2.05) is 12.1 Å². The van der Waals surface area contributed by atoms with Crippen molar-refractivity contribution in [1.29, 1.82) is 0 Å².